The minimum atomic E-state index is 0.675. The van der Waals surface area contributed by atoms with E-state index in [0.717, 1.165) is 24.9 Å². The third-order valence-electron chi connectivity index (χ3n) is 2.99. The van der Waals surface area contributed by atoms with E-state index >= 15 is 0 Å². The third-order valence-corrected chi connectivity index (χ3v) is 2.99. The van der Waals surface area contributed by atoms with Crippen LogP contribution < -0.4 is 5.32 Å². The molecule has 0 amide bonds. The topological polar surface area (TPSA) is 15.3 Å². The fraction of sp³-hybridized carbons (Fsp3) is 1.00. The number of hydrogen-bond donors (Lipinski definition) is 1. The first-order chi connectivity index (χ1) is 6.59. The van der Waals surface area contributed by atoms with Crippen LogP contribution >= 0.6 is 0 Å². The largest absolute Gasteiger partial charge is 0.315 e. The Morgan fingerprint density at radius 2 is 1.86 bits per heavy atom. The number of hydrogen-bond acceptors (Lipinski definition) is 2. The van der Waals surface area contributed by atoms with E-state index in [2.05, 4.69) is 38.0 Å². The predicted octanol–water partition coefficient (Wildman–Crippen LogP) is 1.96. The molecule has 0 aromatic carbocycles. The lowest BCUT2D eigenvalue weighted by molar-refractivity contribution is 0.240. The van der Waals surface area contributed by atoms with Crippen LogP contribution in [0.3, 0.4) is 0 Å². The number of nitrogens with zero attached hydrogens (tertiary/aromatic N) is 1. The van der Waals surface area contributed by atoms with Gasteiger partial charge >= 0.3 is 0 Å². The Labute approximate surface area is 89.1 Å². The predicted molar refractivity (Wildman–Crippen MR) is 62.5 cm³/mol. The first-order valence-corrected chi connectivity index (χ1v) is 6.00. The highest BCUT2D eigenvalue weighted by molar-refractivity contribution is 4.78. The van der Waals surface area contributed by atoms with Crippen LogP contribution in [-0.4, -0.2) is 37.6 Å². The van der Waals surface area contributed by atoms with Gasteiger partial charge in [0.05, 0.1) is 0 Å². The van der Waals surface area contributed by atoms with Gasteiger partial charge in [-0.2, -0.15) is 0 Å². The van der Waals surface area contributed by atoms with Gasteiger partial charge in [-0.1, -0.05) is 13.8 Å². The molecule has 1 rings (SSSR count). The molecule has 14 heavy (non-hydrogen) atoms. The second-order valence-corrected chi connectivity index (χ2v) is 5.28. The highest BCUT2D eigenvalue weighted by Gasteiger charge is 2.24. The van der Waals surface area contributed by atoms with Crippen molar-refractivity contribution in [1.29, 1.82) is 0 Å². The molecule has 1 aliphatic carbocycles. The molecule has 1 saturated carbocycles. The molecular weight excluding hydrogens is 172 g/mol. The van der Waals surface area contributed by atoms with E-state index in [1.165, 1.54) is 19.4 Å². The Morgan fingerprint density at radius 1 is 1.21 bits per heavy atom. The molecule has 0 saturated heterocycles. The maximum atomic E-state index is 3.52. The normalized spacial score (nSPS) is 19.3. The summed E-state index contributed by atoms with van der Waals surface area (Å²) in [6.45, 7) is 10.4. The molecule has 1 unspecified atom stereocenters. The molecule has 1 aliphatic rings. The van der Waals surface area contributed by atoms with Gasteiger partial charge in [-0.15, -0.1) is 0 Å². The first kappa shape index (κ1) is 12.0. The van der Waals surface area contributed by atoms with Crippen LogP contribution in [0.4, 0.5) is 0 Å². The summed E-state index contributed by atoms with van der Waals surface area (Å²) in [4.78, 5) is 2.49. The van der Waals surface area contributed by atoms with Gasteiger partial charge in [-0.3, -0.25) is 0 Å². The summed E-state index contributed by atoms with van der Waals surface area (Å²) >= 11 is 0. The van der Waals surface area contributed by atoms with Gasteiger partial charge in [0.1, 0.15) is 0 Å². The summed E-state index contributed by atoms with van der Waals surface area (Å²) in [6.07, 6.45) is 2.91. The van der Waals surface area contributed by atoms with E-state index in [1.807, 2.05) is 0 Å². The molecule has 1 fully saturated rings. The molecule has 1 atom stereocenters. The Bertz CT molecular complexity index is 152. The van der Waals surface area contributed by atoms with E-state index in [1.54, 1.807) is 0 Å². The van der Waals surface area contributed by atoms with Crippen molar-refractivity contribution in [2.45, 2.75) is 39.7 Å². The smallest absolute Gasteiger partial charge is 0.0189 e. The average molecular weight is 198 g/mol. The Kier molecular flexibility index (Phi) is 4.90. The lowest BCUT2D eigenvalue weighted by Gasteiger charge is -2.25. The van der Waals surface area contributed by atoms with Crippen molar-refractivity contribution < 1.29 is 0 Å². The van der Waals surface area contributed by atoms with Crippen molar-refractivity contribution in [1.82, 2.24) is 10.2 Å². The minimum absolute atomic E-state index is 0.675. The van der Waals surface area contributed by atoms with E-state index in [4.69, 9.17) is 0 Å². The van der Waals surface area contributed by atoms with Gasteiger partial charge in [0.15, 0.2) is 0 Å². The van der Waals surface area contributed by atoms with Gasteiger partial charge in [0.25, 0.3) is 0 Å². The van der Waals surface area contributed by atoms with E-state index in [0.29, 0.717) is 6.04 Å². The van der Waals surface area contributed by atoms with Crippen LogP contribution in [0.2, 0.25) is 0 Å². The molecule has 2 nitrogen and oxygen atoms in total. The van der Waals surface area contributed by atoms with Crippen molar-refractivity contribution in [2.24, 2.45) is 11.8 Å². The van der Waals surface area contributed by atoms with Gasteiger partial charge < -0.3 is 10.2 Å². The standard InChI is InChI=1S/C12H26N2/c1-10(2)7-13-8-11(3)14(4)9-12-5-6-12/h10-13H,5-9H2,1-4H3. The van der Waals surface area contributed by atoms with Crippen LogP contribution in [0.5, 0.6) is 0 Å². The van der Waals surface area contributed by atoms with Gasteiger partial charge in [-0.25, -0.2) is 0 Å². The van der Waals surface area contributed by atoms with Crippen LogP contribution in [0.25, 0.3) is 0 Å². The average Bonchev–Trinajstić information content (AvgIpc) is 2.87. The summed E-state index contributed by atoms with van der Waals surface area (Å²) in [7, 11) is 2.25. The second-order valence-electron chi connectivity index (χ2n) is 5.28. The number of nitrogens with one attached hydrogen (secondary N) is 1. The summed E-state index contributed by atoms with van der Waals surface area (Å²) in [5.41, 5.74) is 0. The van der Waals surface area contributed by atoms with Gasteiger partial charge in [0, 0.05) is 19.1 Å². The van der Waals surface area contributed by atoms with Gasteiger partial charge in [-0.05, 0) is 45.2 Å². The molecule has 0 aromatic heterocycles. The molecule has 0 aromatic rings. The van der Waals surface area contributed by atoms with Crippen molar-refractivity contribution in [3.63, 3.8) is 0 Å². The second kappa shape index (κ2) is 5.72. The highest BCUT2D eigenvalue weighted by Crippen LogP contribution is 2.29. The number of likely N-dealkylation sites (N-methyl/N-ethyl adjacent to an activating group) is 1. The first-order valence-electron chi connectivity index (χ1n) is 6.00. The summed E-state index contributed by atoms with van der Waals surface area (Å²) in [6, 6.07) is 0.675. The minimum Gasteiger partial charge on any atom is -0.315 e. The van der Waals surface area contributed by atoms with Crippen molar-refractivity contribution in [3.8, 4) is 0 Å². The zero-order valence-electron chi connectivity index (χ0n) is 10.2. The van der Waals surface area contributed by atoms with Gasteiger partial charge in [0.2, 0.25) is 0 Å². The lowest BCUT2D eigenvalue weighted by Crippen LogP contribution is -2.39. The van der Waals surface area contributed by atoms with Crippen LogP contribution in [0.15, 0.2) is 0 Å². The maximum Gasteiger partial charge on any atom is 0.0189 e. The quantitative estimate of drug-likeness (QED) is 0.673. The molecule has 0 aliphatic heterocycles. The van der Waals surface area contributed by atoms with Crippen LogP contribution in [-0.2, 0) is 0 Å². The fourth-order valence-corrected chi connectivity index (χ4v) is 1.62. The molecule has 0 bridgehead atoms. The Hall–Kier alpha value is -0.0800. The molecule has 0 spiro atoms. The maximum absolute atomic E-state index is 3.52. The SMILES string of the molecule is CC(C)CNCC(C)N(C)CC1CC1. The zero-order valence-corrected chi connectivity index (χ0v) is 10.2. The Balaban J connectivity index is 2.03. The molecule has 1 N–H and O–H groups in total. The van der Waals surface area contributed by atoms with Crippen molar-refractivity contribution in [3.05, 3.63) is 0 Å². The summed E-state index contributed by atoms with van der Waals surface area (Å²) in [5, 5.41) is 3.52. The number of rotatable bonds is 7. The van der Waals surface area contributed by atoms with Crippen LogP contribution in [0.1, 0.15) is 33.6 Å². The summed E-state index contributed by atoms with van der Waals surface area (Å²) in [5.74, 6) is 1.77. The summed E-state index contributed by atoms with van der Waals surface area (Å²) < 4.78 is 0. The van der Waals surface area contributed by atoms with Crippen molar-refractivity contribution in [2.75, 3.05) is 26.7 Å². The van der Waals surface area contributed by atoms with Crippen molar-refractivity contribution >= 4 is 0 Å². The highest BCUT2D eigenvalue weighted by atomic mass is 15.1. The molecular formula is C12H26N2. The molecule has 2 heteroatoms. The van der Waals surface area contributed by atoms with E-state index in [-0.39, 0.29) is 0 Å². The molecule has 84 valence electrons. The monoisotopic (exact) mass is 198 g/mol. The zero-order chi connectivity index (χ0) is 10.6. The van der Waals surface area contributed by atoms with Crippen LogP contribution in [0, 0.1) is 11.8 Å². The van der Waals surface area contributed by atoms with E-state index in [9.17, 15) is 0 Å². The third kappa shape index (κ3) is 4.97. The lowest BCUT2D eigenvalue weighted by atomic mass is 10.2. The Morgan fingerprint density at radius 3 is 2.36 bits per heavy atom. The fourth-order valence-electron chi connectivity index (χ4n) is 1.62. The van der Waals surface area contributed by atoms with E-state index < -0.39 is 0 Å². The molecule has 0 radical (unpaired) electrons. The molecule has 0 heterocycles.